The molecule has 2 aliphatic carbocycles. The maximum atomic E-state index is 12.1. The molecular formula is C11H15NO3. The van der Waals surface area contributed by atoms with Gasteiger partial charge in [0.2, 0.25) is 0 Å². The molecule has 0 aromatic rings. The molecule has 2 saturated carbocycles. The van der Waals surface area contributed by atoms with Crippen LogP contribution in [0.2, 0.25) is 0 Å². The van der Waals surface area contributed by atoms with Gasteiger partial charge >= 0.3 is 0 Å². The molecule has 0 saturated heterocycles. The van der Waals surface area contributed by atoms with E-state index in [-0.39, 0.29) is 28.6 Å². The van der Waals surface area contributed by atoms with E-state index in [9.17, 15) is 9.59 Å². The van der Waals surface area contributed by atoms with Crippen LogP contribution in [0.3, 0.4) is 0 Å². The first-order chi connectivity index (χ1) is 6.86. The molecule has 2 aliphatic rings. The molecule has 0 radical (unpaired) electrons. The highest BCUT2D eigenvalue weighted by molar-refractivity contribution is 6.68. The van der Waals surface area contributed by atoms with Gasteiger partial charge in [-0.1, -0.05) is 25.9 Å². The van der Waals surface area contributed by atoms with Crippen LogP contribution in [0, 0.1) is 16.7 Å². The quantitative estimate of drug-likeness (QED) is 0.484. The van der Waals surface area contributed by atoms with Crippen molar-refractivity contribution < 1.29 is 14.8 Å². The summed E-state index contributed by atoms with van der Waals surface area (Å²) in [5, 5.41) is 11.6. The van der Waals surface area contributed by atoms with Gasteiger partial charge in [-0.3, -0.25) is 9.59 Å². The normalized spacial score (nSPS) is 41.3. The van der Waals surface area contributed by atoms with E-state index in [1.54, 1.807) is 0 Å². The Balaban J connectivity index is 2.61. The van der Waals surface area contributed by atoms with Gasteiger partial charge in [0.05, 0.1) is 0 Å². The van der Waals surface area contributed by atoms with Gasteiger partial charge in [0.1, 0.15) is 0 Å². The molecule has 4 heteroatoms. The Hall–Kier alpha value is -1.19. The van der Waals surface area contributed by atoms with E-state index in [0.29, 0.717) is 12.8 Å². The van der Waals surface area contributed by atoms with Gasteiger partial charge in [-0.15, -0.1) is 0 Å². The molecule has 0 aromatic heterocycles. The van der Waals surface area contributed by atoms with Crippen molar-refractivity contribution >= 4 is 17.3 Å². The fourth-order valence-electron chi connectivity index (χ4n) is 3.00. The van der Waals surface area contributed by atoms with E-state index in [0.717, 1.165) is 0 Å². The van der Waals surface area contributed by atoms with Gasteiger partial charge in [0, 0.05) is 11.3 Å². The summed E-state index contributed by atoms with van der Waals surface area (Å²) in [6.07, 6.45) is 1.42. The third-order valence-corrected chi connectivity index (χ3v) is 4.59. The maximum Gasteiger partial charge on any atom is 0.194 e. The van der Waals surface area contributed by atoms with Crippen LogP contribution in [-0.2, 0) is 9.59 Å². The summed E-state index contributed by atoms with van der Waals surface area (Å²) < 4.78 is 0. The SMILES string of the molecule is CC12CCC(C(=O)C(=NO)C1=O)C2(C)C. The average molecular weight is 209 g/mol. The Morgan fingerprint density at radius 2 is 1.93 bits per heavy atom. The van der Waals surface area contributed by atoms with Crippen LogP contribution in [0.5, 0.6) is 0 Å². The van der Waals surface area contributed by atoms with Crippen LogP contribution >= 0.6 is 0 Å². The molecule has 0 spiro atoms. The van der Waals surface area contributed by atoms with Gasteiger partial charge in [-0.25, -0.2) is 0 Å². The van der Waals surface area contributed by atoms with Crippen LogP contribution in [0.15, 0.2) is 5.16 Å². The minimum Gasteiger partial charge on any atom is -0.410 e. The topological polar surface area (TPSA) is 66.7 Å². The van der Waals surface area contributed by atoms with E-state index in [4.69, 9.17) is 5.21 Å². The summed E-state index contributed by atoms with van der Waals surface area (Å²) in [6, 6.07) is 0. The molecule has 0 aliphatic heterocycles. The van der Waals surface area contributed by atoms with Crippen LogP contribution in [0.25, 0.3) is 0 Å². The average Bonchev–Trinajstić information content (AvgIpc) is 2.33. The van der Waals surface area contributed by atoms with E-state index in [1.807, 2.05) is 20.8 Å². The first kappa shape index (κ1) is 10.3. The maximum absolute atomic E-state index is 12.1. The highest BCUT2D eigenvalue weighted by atomic mass is 16.4. The summed E-state index contributed by atoms with van der Waals surface area (Å²) in [6.45, 7) is 5.77. The zero-order chi connectivity index (χ0) is 11.4. The van der Waals surface area contributed by atoms with Crippen molar-refractivity contribution in [3.05, 3.63) is 0 Å². The second-order valence-corrected chi connectivity index (χ2v) is 5.29. The lowest BCUT2D eigenvalue weighted by atomic mass is 9.57. The molecule has 2 unspecified atom stereocenters. The fraction of sp³-hybridized carbons (Fsp3) is 0.727. The molecule has 4 nitrogen and oxygen atoms in total. The highest BCUT2D eigenvalue weighted by Gasteiger charge is 2.64. The summed E-state index contributed by atoms with van der Waals surface area (Å²) in [5.41, 5.74) is -1.12. The molecule has 2 rings (SSSR count). The number of hydrogen-bond donors (Lipinski definition) is 1. The molecule has 82 valence electrons. The first-order valence-electron chi connectivity index (χ1n) is 5.17. The van der Waals surface area contributed by atoms with Crippen LogP contribution < -0.4 is 0 Å². The van der Waals surface area contributed by atoms with Crippen molar-refractivity contribution in [1.29, 1.82) is 0 Å². The van der Waals surface area contributed by atoms with E-state index in [2.05, 4.69) is 5.16 Å². The Kier molecular flexibility index (Phi) is 1.85. The zero-order valence-corrected chi connectivity index (χ0v) is 9.20. The molecule has 0 aromatic carbocycles. The van der Waals surface area contributed by atoms with Gasteiger partial charge in [0.15, 0.2) is 17.3 Å². The Morgan fingerprint density at radius 1 is 1.33 bits per heavy atom. The number of Topliss-reactive ketones (excluding diaryl/α,β-unsaturated/α-hetero) is 2. The van der Waals surface area contributed by atoms with Crippen molar-refractivity contribution in [1.82, 2.24) is 0 Å². The van der Waals surface area contributed by atoms with E-state index in [1.165, 1.54) is 0 Å². The van der Waals surface area contributed by atoms with Gasteiger partial charge < -0.3 is 5.21 Å². The summed E-state index contributed by atoms with van der Waals surface area (Å²) in [5.74, 6) is -0.762. The summed E-state index contributed by atoms with van der Waals surface area (Å²) in [7, 11) is 0. The van der Waals surface area contributed by atoms with Crippen LogP contribution in [-0.4, -0.2) is 22.5 Å². The smallest absolute Gasteiger partial charge is 0.194 e. The number of hydrogen-bond acceptors (Lipinski definition) is 4. The minimum atomic E-state index is -0.548. The Bertz CT molecular complexity index is 383. The lowest BCUT2D eigenvalue weighted by molar-refractivity contribution is -0.134. The Morgan fingerprint density at radius 3 is 2.47 bits per heavy atom. The number of fused-ring (bicyclic) bond motifs is 2. The van der Waals surface area contributed by atoms with Crippen molar-refractivity contribution in [2.75, 3.05) is 0 Å². The van der Waals surface area contributed by atoms with E-state index < -0.39 is 5.41 Å². The number of oxime groups is 1. The first-order valence-corrected chi connectivity index (χ1v) is 5.17. The second-order valence-electron chi connectivity index (χ2n) is 5.29. The van der Waals surface area contributed by atoms with Crippen LogP contribution in [0.4, 0.5) is 0 Å². The monoisotopic (exact) mass is 209 g/mol. The van der Waals surface area contributed by atoms with Crippen molar-refractivity contribution in [2.24, 2.45) is 21.9 Å². The predicted molar refractivity (Wildman–Crippen MR) is 53.8 cm³/mol. The number of carbonyl (C=O) groups is 2. The van der Waals surface area contributed by atoms with Crippen LogP contribution in [0.1, 0.15) is 33.6 Å². The molecule has 1 N–H and O–H groups in total. The molecule has 2 atom stereocenters. The molecule has 0 heterocycles. The van der Waals surface area contributed by atoms with Crippen molar-refractivity contribution in [3.8, 4) is 0 Å². The molecule has 15 heavy (non-hydrogen) atoms. The third kappa shape index (κ3) is 0.945. The van der Waals surface area contributed by atoms with Crippen molar-refractivity contribution in [2.45, 2.75) is 33.6 Å². The zero-order valence-electron chi connectivity index (χ0n) is 9.20. The molecule has 0 amide bonds. The number of carbonyl (C=O) groups excluding carboxylic acids is 2. The second kappa shape index (κ2) is 2.68. The minimum absolute atomic E-state index is 0.175. The highest BCUT2D eigenvalue weighted by Crippen LogP contribution is 2.59. The Labute approximate surface area is 88.3 Å². The third-order valence-electron chi connectivity index (χ3n) is 4.59. The number of nitrogens with zero attached hydrogens (tertiary/aromatic N) is 1. The largest absolute Gasteiger partial charge is 0.410 e. The summed E-state index contributed by atoms with van der Waals surface area (Å²) in [4.78, 5) is 23.9. The van der Waals surface area contributed by atoms with Crippen molar-refractivity contribution in [3.63, 3.8) is 0 Å². The number of ketones is 2. The molecule has 2 bridgehead atoms. The van der Waals surface area contributed by atoms with Gasteiger partial charge in [-0.05, 0) is 18.3 Å². The van der Waals surface area contributed by atoms with Gasteiger partial charge in [0.25, 0.3) is 0 Å². The lowest BCUT2D eigenvalue weighted by Gasteiger charge is -2.43. The fourth-order valence-corrected chi connectivity index (χ4v) is 3.00. The summed E-state index contributed by atoms with van der Waals surface area (Å²) >= 11 is 0. The lowest BCUT2D eigenvalue weighted by Crippen LogP contribution is -2.54. The number of rotatable bonds is 0. The molecule has 2 fully saturated rings. The van der Waals surface area contributed by atoms with Gasteiger partial charge in [-0.2, -0.15) is 0 Å². The molecular weight excluding hydrogens is 194 g/mol. The standard InChI is InChI=1S/C11H15NO3/c1-10(2)6-4-5-11(10,3)9(14)7(12-15)8(6)13/h6,15H,4-5H2,1-3H3. The predicted octanol–water partition coefficient (Wildman–Crippen LogP) is 1.41. The van der Waals surface area contributed by atoms with E-state index >= 15 is 0 Å².